The monoisotopic (exact) mass is 528 g/mol. The quantitative estimate of drug-likeness (QED) is 0.352. The highest BCUT2D eigenvalue weighted by Crippen LogP contribution is 2.33. The molecule has 11 heteroatoms. The number of carbonyl (C=O) groups is 1. The van der Waals surface area contributed by atoms with E-state index >= 15 is 0 Å². The van der Waals surface area contributed by atoms with Gasteiger partial charge in [-0.25, -0.2) is 22.2 Å². The van der Waals surface area contributed by atoms with Crippen LogP contribution in [0, 0.1) is 11.6 Å². The van der Waals surface area contributed by atoms with Gasteiger partial charge in [0.25, 0.3) is 5.91 Å². The van der Waals surface area contributed by atoms with Crippen LogP contribution >= 0.6 is 11.3 Å². The number of halogens is 2. The summed E-state index contributed by atoms with van der Waals surface area (Å²) in [5.74, 6) is -2.00. The van der Waals surface area contributed by atoms with E-state index in [4.69, 9.17) is 0 Å². The largest absolute Gasteiger partial charge is 0.279 e. The number of sulfonamides is 1. The predicted octanol–water partition coefficient (Wildman–Crippen LogP) is 4.99. The van der Waals surface area contributed by atoms with Crippen molar-refractivity contribution in [3.05, 3.63) is 83.7 Å². The SMILES string of the molecule is O=C(c1ccc(S(=O)(=O)N2CCCCC2)cc1)N(Cc1cccnc1)c1nc2c(F)cc(F)cc2s1. The van der Waals surface area contributed by atoms with Gasteiger partial charge in [-0.2, -0.15) is 4.31 Å². The Bertz CT molecular complexity index is 1500. The molecule has 1 amide bonds. The van der Waals surface area contributed by atoms with Gasteiger partial charge in [0.2, 0.25) is 10.0 Å². The molecule has 0 N–H and O–H groups in total. The number of amides is 1. The van der Waals surface area contributed by atoms with Gasteiger partial charge in [0.15, 0.2) is 10.9 Å². The zero-order valence-electron chi connectivity index (χ0n) is 19.1. The third kappa shape index (κ3) is 4.86. The Balaban J connectivity index is 1.49. The van der Waals surface area contributed by atoms with Crippen LogP contribution in [0.25, 0.3) is 10.2 Å². The first-order valence-electron chi connectivity index (χ1n) is 11.4. The molecule has 1 aliphatic rings. The Morgan fingerprint density at radius 1 is 1.06 bits per heavy atom. The smallest absolute Gasteiger partial charge is 0.260 e. The highest BCUT2D eigenvalue weighted by Gasteiger charge is 2.27. The second kappa shape index (κ2) is 10.00. The molecule has 0 aliphatic carbocycles. The molecule has 0 bridgehead atoms. The van der Waals surface area contributed by atoms with Crippen LogP contribution in [-0.4, -0.2) is 41.7 Å². The highest BCUT2D eigenvalue weighted by atomic mass is 32.2. The summed E-state index contributed by atoms with van der Waals surface area (Å²) in [5.41, 5.74) is 0.923. The first-order valence-corrected chi connectivity index (χ1v) is 13.7. The van der Waals surface area contributed by atoms with Crippen molar-refractivity contribution >= 4 is 42.6 Å². The molecule has 0 radical (unpaired) electrons. The van der Waals surface area contributed by atoms with Crippen molar-refractivity contribution in [1.82, 2.24) is 14.3 Å². The number of hydrogen-bond acceptors (Lipinski definition) is 6. The van der Waals surface area contributed by atoms with Gasteiger partial charge in [0.1, 0.15) is 11.3 Å². The molecule has 0 spiro atoms. The summed E-state index contributed by atoms with van der Waals surface area (Å²) in [7, 11) is -3.64. The second-order valence-electron chi connectivity index (χ2n) is 8.47. The van der Waals surface area contributed by atoms with Gasteiger partial charge < -0.3 is 0 Å². The van der Waals surface area contributed by atoms with Crippen molar-refractivity contribution in [2.75, 3.05) is 18.0 Å². The van der Waals surface area contributed by atoms with E-state index in [2.05, 4.69) is 9.97 Å². The molecular weight excluding hydrogens is 506 g/mol. The number of thiazole rings is 1. The lowest BCUT2D eigenvalue weighted by atomic mass is 10.2. The van der Waals surface area contributed by atoms with E-state index in [9.17, 15) is 22.0 Å². The van der Waals surface area contributed by atoms with Crippen molar-refractivity contribution in [3.8, 4) is 0 Å². The fourth-order valence-electron chi connectivity index (χ4n) is 4.14. The van der Waals surface area contributed by atoms with Crippen LogP contribution in [0.5, 0.6) is 0 Å². The number of piperidine rings is 1. The minimum absolute atomic E-state index is 0.0247. The van der Waals surface area contributed by atoms with Gasteiger partial charge in [-0.1, -0.05) is 23.8 Å². The summed E-state index contributed by atoms with van der Waals surface area (Å²) in [6, 6.07) is 11.2. The Kier molecular flexibility index (Phi) is 6.78. The average Bonchev–Trinajstić information content (AvgIpc) is 3.32. The number of nitrogens with zero attached hydrogens (tertiary/aromatic N) is 4. The molecule has 0 atom stereocenters. The molecule has 4 aromatic rings. The third-order valence-corrected chi connectivity index (χ3v) is 8.93. The van der Waals surface area contributed by atoms with Crippen LogP contribution in [0.3, 0.4) is 0 Å². The molecule has 0 unspecified atom stereocenters. The van der Waals surface area contributed by atoms with E-state index in [0.717, 1.165) is 36.7 Å². The molecule has 7 nitrogen and oxygen atoms in total. The van der Waals surface area contributed by atoms with E-state index in [1.54, 1.807) is 24.5 Å². The van der Waals surface area contributed by atoms with Crippen LogP contribution in [0.4, 0.5) is 13.9 Å². The zero-order chi connectivity index (χ0) is 25.3. The number of rotatable bonds is 6. The summed E-state index contributed by atoms with van der Waals surface area (Å²) in [4.78, 5) is 23.4. The number of fused-ring (bicyclic) bond motifs is 1. The maximum Gasteiger partial charge on any atom is 0.260 e. The number of carbonyl (C=O) groups excluding carboxylic acids is 1. The minimum atomic E-state index is -3.64. The van der Waals surface area contributed by atoms with Crippen molar-refractivity contribution < 1.29 is 22.0 Å². The van der Waals surface area contributed by atoms with Crippen LogP contribution < -0.4 is 4.90 Å². The first kappa shape index (κ1) is 24.4. The Morgan fingerprint density at radius 2 is 1.81 bits per heavy atom. The number of benzene rings is 2. The number of aromatic nitrogens is 2. The highest BCUT2D eigenvalue weighted by molar-refractivity contribution is 7.89. The van der Waals surface area contributed by atoms with E-state index in [0.29, 0.717) is 18.7 Å². The molecule has 2 aromatic heterocycles. The summed E-state index contributed by atoms with van der Waals surface area (Å²) in [6.45, 7) is 1.05. The van der Waals surface area contributed by atoms with E-state index < -0.39 is 27.6 Å². The lowest BCUT2D eigenvalue weighted by molar-refractivity contribution is 0.0985. The summed E-state index contributed by atoms with van der Waals surface area (Å²) in [5, 5.41) is 0.188. The lowest BCUT2D eigenvalue weighted by Gasteiger charge is -2.26. The molecule has 3 heterocycles. The molecule has 2 aromatic carbocycles. The summed E-state index contributed by atoms with van der Waals surface area (Å²) in [6.07, 6.45) is 5.86. The Labute approximate surface area is 211 Å². The average molecular weight is 529 g/mol. The maximum atomic E-state index is 14.3. The lowest BCUT2D eigenvalue weighted by Crippen LogP contribution is -2.35. The molecule has 36 heavy (non-hydrogen) atoms. The van der Waals surface area contributed by atoms with Gasteiger partial charge in [0, 0.05) is 37.1 Å². The molecule has 1 fully saturated rings. The predicted molar refractivity (Wildman–Crippen MR) is 133 cm³/mol. The Hall–Kier alpha value is -3.28. The number of anilines is 1. The third-order valence-electron chi connectivity index (χ3n) is 6.00. The summed E-state index contributed by atoms with van der Waals surface area (Å²) >= 11 is 0.993. The van der Waals surface area contributed by atoms with Crippen LogP contribution in [0.2, 0.25) is 0 Å². The standard InChI is InChI=1S/C25H22F2N4O3S2/c26-19-13-21(27)23-22(14-19)35-25(29-23)31(16-17-5-4-10-28-15-17)24(32)18-6-8-20(9-7-18)36(33,34)30-11-2-1-3-12-30/h4-10,13-15H,1-3,11-12,16H2. The Morgan fingerprint density at radius 3 is 2.50 bits per heavy atom. The fourth-order valence-corrected chi connectivity index (χ4v) is 6.66. The summed E-state index contributed by atoms with van der Waals surface area (Å²) < 4.78 is 55.7. The fraction of sp³-hybridized carbons (Fsp3) is 0.240. The van der Waals surface area contributed by atoms with E-state index in [1.165, 1.54) is 39.5 Å². The van der Waals surface area contributed by atoms with Gasteiger partial charge >= 0.3 is 0 Å². The number of pyridine rings is 1. The molecule has 1 aliphatic heterocycles. The maximum absolute atomic E-state index is 14.3. The van der Waals surface area contributed by atoms with Crippen molar-refractivity contribution in [2.24, 2.45) is 0 Å². The molecular formula is C25H22F2N4O3S2. The normalized spacial score (nSPS) is 14.7. The van der Waals surface area contributed by atoms with Crippen LogP contribution in [0.15, 0.2) is 65.8 Å². The topological polar surface area (TPSA) is 83.5 Å². The van der Waals surface area contributed by atoms with E-state index in [-0.39, 0.29) is 32.4 Å². The van der Waals surface area contributed by atoms with Crippen molar-refractivity contribution in [3.63, 3.8) is 0 Å². The van der Waals surface area contributed by atoms with Crippen molar-refractivity contribution in [2.45, 2.75) is 30.7 Å². The van der Waals surface area contributed by atoms with Crippen molar-refractivity contribution in [1.29, 1.82) is 0 Å². The number of hydrogen-bond donors (Lipinski definition) is 0. The van der Waals surface area contributed by atoms with Gasteiger partial charge in [0.05, 0.1) is 16.1 Å². The van der Waals surface area contributed by atoms with E-state index in [1.807, 2.05) is 0 Å². The molecule has 186 valence electrons. The van der Waals surface area contributed by atoms with Gasteiger partial charge in [-0.05, 0) is 54.8 Å². The molecule has 1 saturated heterocycles. The minimum Gasteiger partial charge on any atom is -0.279 e. The zero-order valence-corrected chi connectivity index (χ0v) is 20.7. The van der Waals surface area contributed by atoms with Crippen LogP contribution in [-0.2, 0) is 16.6 Å². The first-order chi connectivity index (χ1) is 17.3. The molecule has 0 saturated carbocycles. The second-order valence-corrected chi connectivity index (χ2v) is 11.4. The van der Waals surface area contributed by atoms with Gasteiger partial charge in [-0.15, -0.1) is 0 Å². The molecule has 5 rings (SSSR count). The van der Waals surface area contributed by atoms with Gasteiger partial charge in [-0.3, -0.25) is 14.7 Å². The van der Waals surface area contributed by atoms with Crippen LogP contribution in [0.1, 0.15) is 35.2 Å².